The average molecular weight is 308 g/mol. The summed E-state index contributed by atoms with van der Waals surface area (Å²) in [4.78, 5) is 20.7. The highest BCUT2D eigenvalue weighted by Crippen LogP contribution is 2.17. The van der Waals surface area contributed by atoms with Crippen molar-refractivity contribution in [3.05, 3.63) is 59.6 Å². The normalized spacial score (nSPS) is 10.5. The predicted octanol–water partition coefficient (Wildman–Crippen LogP) is 3.25. The van der Waals surface area contributed by atoms with Crippen molar-refractivity contribution in [3.63, 3.8) is 0 Å². The van der Waals surface area contributed by atoms with Gasteiger partial charge in [0.2, 0.25) is 11.7 Å². The molecule has 2 aromatic heterocycles. The van der Waals surface area contributed by atoms with E-state index in [1.807, 2.05) is 26.0 Å². The molecule has 0 aliphatic rings. The molecular formula is C17H16N4O2. The Morgan fingerprint density at radius 3 is 2.57 bits per heavy atom. The third-order valence-corrected chi connectivity index (χ3v) is 3.31. The van der Waals surface area contributed by atoms with Crippen LogP contribution in [0.1, 0.15) is 28.9 Å². The third-order valence-electron chi connectivity index (χ3n) is 3.31. The molecule has 1 N–H and O–H groups in total. The van der Waals surface area contributed by atoms with Gasteiger partial charge >= 0.3 is 0 Å². The lowest BCUT2D eigenvalue weighted by Crippen LogP contribution is -2.13. The van der Waals surface area contributed by atoms with Crippen LogP contribution in [-0.2, 0) is 6.42 Å². The minimum atomic E-state index is -0.211. The van der Waals surface area contributed by atoms with Gasteiger partial charge in [0.1, 0.15) is 5.82 Å². The Balaban J connectivity index is 1.75. The predicted molar refractivity (Wildman–Crippen MR) is 86.0 cm³/mol. The molecular weight excluding hydrogens is 292 g/mol. The molecule has 6 heteroatoms. The van der Waals surface area contributed by atoms with Crippen molar-refractivity contribution in [3.8, 4) is 11.4 Å². The molecule has 0 aliphatic heterocycles. The fourth-order valence-electron chi connectivity index (χ4n) is 2.09. The Bertz CT molecular complexity index is 825. The molecule has 0 unspecified atom stereocenters. The SMILES string of the molecule is CCc1nc(-c2ccc(C(=O)Nc3cccc(C)n3)cc2)no1. The number of anilines is 1. The monoisotopic (exact) mass is 308 g/mol. The van der Waals surface area contributed by atoms with E-state index in [4.69, 9.17) is 4.52 Å². The van der Waals surface area contributed by atoms with Gasteiger partial charge in [-0.15, -0.1) is 0 Å². The van der Waals surface area contributed by atoms with E-state index in [9.17, 15) is 4.79 Å². The quantitative estimate of drug-likeness (QED) is 0.800. The lowest BCUT2D eigenvalue weighted by molar-refractivity contribution is 0.102. The van der Waals surface area contributed by atoms with Crippen LogP contribution >= 0.6 is 0 Å². The fourth-order valence-corrected chi connectivity index (χ4v) is 2.09. The molecule has 0 aliphatic carbocycles. The number of carbonyl (C=O) groups excluding carboxylic acids is 1. The Morgan fingerprint density at radius 1 is 1.13 bits per heavy atom. The van der Waals surface area contributed by atoms with Crippen LogP contribution in [0.4, 0.5) is 5.82 Å². The summed E-state index contributed by atoms with van der Waals surface area (Å²) in [6.07, 6.45) is 0.691. The molecule has 3 rings (SSSR count). The minimum absolute atomic E-state index is 0.211. The van der Waals surface area contributed by atoms with E-state index in [1.165, 1.54) is 0 Å². The van der Waals surface area contributed by atoms with Gasteiger partial charge in [0.15, 0.2) is 0 Å². The van der Waals surface area contributed by atoms with Crippen LogP contribution in [0, 0.1) is 6.92 Å². The van der Waals surface area contributed by atoms with E-state index in [0.29, 0.717) is 29.5 Å². The van der Waals surface area contributed by atoms with Crippen LogP contribution in [0.5, 0.6) is 0 Å². The van der Waals surface area contributed by atoms with Gasteiger partial charge < -0.3 is 9.84 Å². The van der Waals surface area contributed by atoms with E-state index in [0.717, 1.165) is 11.3 Å². The van der Waals surface area contributed by atoms with Crippen molar-refractivity contribution in [2.75, 3.05) is 5.32 Å². The molecule has 0 atom stereocenters. The van der Waals surface area contributed by atoms with Crippen LogP contribution in [0.2, 0.25) is 0 Å². The largest absolute Gasteiger partial charge is 0.339 e. The van der Waals surface area contributed by atoms with Crippen LogP contribution in [-0.4, -0.2) is 21.0 Å². The summed E-state index contributed by atoms with van der Waals surface area (Å²) in [7, 11) is 0. The summed E-state index contributed by atoms with van der Waals surface area (Å²) >= 11 is 0. The van der Waals surface area contributed by atoms with Gasteiger partial charge in [-0.25, -0.2) is 4.98 Å². The van der Waals surface area contributed by atoms with Crippen LogP contribution < -0.4 is 5.32 Å². The van der Waals surface area contributed by atoms with E-state index in [1.54, 1.807) is 30.3 Å². The van der Waals surface area contributed by atoms with Crippen molar-refractivity contribution in [1.82, 2.24) is 15.1 Å². The second kappa shape index (κ2) is 6.39. The number of hydrogen-bond acceptors (Lipinski definition) is 5. The molecule has 0 radical (unpaired) electrons. The van der Waals surface area contributed by atoms with Crippen LogP contribution in [0.25, 0.3) is 11.4 Å². The number of pyridine rings is 1. The number of benzene rings is 1. The van der Waals surface area contributed by atoms with Crippen molar-refractivity contribution in [2.45, 2.75) is 20.3 Å². The number of nitrogens with one attached hydrogen (secondary N) is 1. The third kappa shape index (κ3) is 3.42. The van der Waals surface area contributed by atoms with E-state index in [2.05, 4.69) is 20.4 Å². The highest BCUT2D eigenvalue weighted by atomic mass is 16.5. The maximum Gasteiger partial charge on any atom is 0.256 e. The maximum absolute atomic E-state index is 12.2. The van der Waals surface area contributed by atoms with Gasteiger partial charge in [-0.3, -0.25) is 4.79 Å². The maximum atomic E-state index is 12.2. The van der Waals surface area contributed by atoms with Gasteiger partial charge in [-0.2, -0.15) is 4.98 Å². The average Bonchev–Trinajstić information content (AvgIpc) is 3.04. The standard InChI is InChI=1S/C17H16N4O2/c1-3-15-20-16(21-23-15)12-7-9-13(10-8-12)17(22)19-14-6-4-5-11(2)18-14/h4-10H,3H2,1-2H3,(H,18,19,22). The fraction of sp³-hybridized carbons (Fsp3) is 0.176. The van der Waals surface area contributed by atoms with E-state index >= 15 is 0 Å². The Labute approximate surface area is 133 Å². The molecule has 116 valence electrons. The first-order chi connectivity index (χ1) is 11.2. The summed E-state index contributed by atoms with van der Waals surface area (Å²) in [5.41, 5.74) is 2.19. The van der Waals surface area contributed by atoms with Crippen molar-refractivity contribution < 1.29 is 9.32 Å². The van der Waals surface area contributed by atoms with E-state index < -0.39 is 0 Å². The summed E-state index contributed by atoms with van der Waals surface area (Å²) in [5, 5.41) is 6.68. The number of carbonyl (C=O) groups is 1. The zero-order valence-electron chi connectivity index (χ0n) is 12.9. The molecule has 3 aromatic rings. The second-order valence-electron chi connectivity index (χ2n) is 5.06. The summed E-state index contributed by atoms with van der Waals surface area (Å²) < 4.78 is 5.09. The Hall–Kier alpha value is -3.02. The summed E-state index contributed by atoms with van der Waals surface area (Å²) in [6.45, 7) is 3.82. The highest BCUT2D eigenvalue weighted by Gasteiger charge is 2.10. The van der Waals surface area contributed by atoms with Crippen molar-refractivity contribution in [1.29, 1.82) is 0 Å². The van der Waals surface area contributed by atoms with Gasteiger partial charge in [-0.1, -0.05) is 30.3 Å². The van der Waals surface area contributed by atoms with Crippen LogP contribution in [0.15, 0.2) is 47.0 Å². The molecule has 23 heavy (non-hydrogen) atoms. The van der Waals surface area contributed by atoms with Crippen molar-refractivity contribution >= 4 is 11.7 Å². The molecule has 2 heterocycles. The molecule has 0 bridgehead atoms. The number of aromatic nitrogens is 3. The Morgan fingerprint density at radius 2 is 1.91 bits per heavy atom. The zero-order chi connectivity index (χ0) is 16.2. The smallest absolute Gasteiger partial charge is 0.256 e. The molecule has 6 nitrogen and oxygen atoms in total. The number of aryl methyl sites for hydroxylation is 2. The molecule has 0 fully saturated rings. The van der Waals surface area contributed by atoms with Gasteiger partial charge in [0, 0.05) is 23.2 Å². The lowest BCUT2D eigenvalue weighted by Gasteiger charge is -2.05. The second-order valence-corrected chi connectivity index (χ2v) is 5.06. The molecule has 0 saturated heterocycles. The Kier molecular flexibility index (Phi) is 4.14. The first-order valence-electron chi connectivity index (χ1n) is 7.33. The lowest BCUT2D eigenvalue weighted by atomic mass is 10.1. The molecule has 0 saturated carbocycles. The van der Waals surface area contributed by atoms with Crippen molar-refractivity contribution in [2.24, 2.45) is 0 Å². The number of hydrogen-bond donors (Lipinski definition) is 1. The number of amides is 1. The highest BCUT2D eigenvalue weighted by molar-refractivity contribution is 6.03. The molecule has 0 spiro atoms. The molecule has 1 amide bonds. The first kappa shape index (κ1) is 14.9. The summed E-state index contributed by atoms with van der Waals surface area (Å²) in [5.74, 6) is 1.43. The zero-order valence-corrected chi connectivity index (χ0v) is 12.9. The minimum Gasteiger partial charge on any atom is -0.339 e. The van der Waals surface area contributed by atoms with Crippen LogP contribution in [0.3, 0.4) is 0 Å². The van der Waals surface area contributed by atoms with Gasteiger partial charge in [0.25, 0.3) is 5.91 Å². The number of nitrogens with zero attached hydrogens (tertiary/aromatic N) is 3. The first-order valence-corrected chi connectivity index (χ1v) is 7.33. The number of rotatable bonds is 4. The van der Waals surface area contributed by atoms with Gasteiger partial charge in [0.05, 0.1) is 0 Å². The van der Waals surface area contributed by atoms with E-state index in [-0.39, 0.29) is 5.91 Å². The summed E-state index contributed by atoms with van der Waals surface area (Å²) in [6, 6.07) is 12.5. The molecule has 1 aromatic carbocycles. The topological polar surface area (TPSA) is 80.9 Å². The van der Waals surface area contributed by atoms with Gasteiger partial charge in [-0.05, 0) is 31.2 Å².